The average molecular weight is 897 g/mol. The van der Waals surface area contributed by atoms with Crippen molar-refractivity contribution in [2.24, 2.45) is 0 Å². The van der Waals surface area contributed by atoms with Gasteiger partial charge in [-0.25, -0.2) is 13.6 Å². The molecule has 332 valence electrons. The first kappa shape index (κ1) is 48.8. The van der Waals surface area contributed by atoms with Crippen LogP contribution in [0.15, 0.2) is 60.9 Å². The Morgan fingerprint density at radius 2 is 1.19 bits per heavy atom. The summed E-state index contributed by atoms with van der Waals surface area (Å²) in [6.07, 6.45) is -8.58. The van der Waals surface area contributed by atoms with E-state index in [9.17, 15) is 49.5 Å². The molecule has 2 aromatic heterocycles. The number of carbonyl (C=O) groups is 3. The van der Waals surface area contributed by atoms with Crippen LogP contribution in [0.1, 0.15) is 68.7 Å². The van der Waals surface area contributed by atoms with E-state index in [0.29, 0.717) is 22.5 Å². The highest BCUT2D eigenvalue weighted by Gasteiger charge is 2.41. The molecule has 4 aromatic rings. The minimum absolute atomic E-state index is 0. The van der Waals surface area contributed by atoms with Gasteiger partial charge >= 0.3 is 18.4 Å². The maximum absolute atomic E-state index is 14.0. The quantitative estimate of drug-likeness (QED) is 0.125. The number of rotatable bonds is 10. The van der Waals surface area contributed by atoms with E-state index in [1.54, 1.807) is 20.8 Å². The van der Waals surface area contributed by atoms with Crippen LogP contribution in [0.25, 0.3) is 21.1 Å². The van der Waals surface area contributed by atoms with Crippen LogP contribution in [0.2, 0.25) is 0 Å². The number of hydrogen-bond acceptors (Lipinski definition) is 7. The maximum atomic E-state index is 14.0. The fraction of sp³-hybridized carbons (Fsp3) is 0.439. The minimum atomic E-state index is -4.47. The first-order valence-corrected chi connectivity index (χ1v) is 18.9. The van der Waals surface area contributed by atoms with Gasteiger partial charge in [0, 0.05) is 55.7 Å². The van der Waals surface area contributed by atoms with Crippen molar-refractivity contribution in [3.63, 3.8) is 0 Å². The fourth-order valence-corrected chi connectivity index (χ4v) is 6.62. The number of aromatic nitrogens is 4. The van der Waals surface area contributed by atoms with E-state index in [-0.39, 0.29) is 87.2 Å². The van der Waals surface area contributed by atoms with Gasteiger partial charge in [0.15, 0.2) is 5.78 Å². The Kier molecular flexibility index (Phi) is 15.7. The smallest absolute Gasteiger partial charge is 0.416 e. The Hall–Kier alpha value is -5.86. The molecule has 4 atom stereocenters. The lowest BCUT2D eigenvalue weighted by Crippen LogP contribution is -2.43. The number of alkyl halides is 8. The van der Waals surface area contributed by atoms with E-state index in [4.69, 9.17) is 17.9 Å². The molecule has 1 N–H and O–H groups in total. The summed E-state index contributed by atoms with van der Waals surface area (Å²) < 4.78 is 111. The molecule has 0 radical (unpaired) electrons. The van der Waals surface area contributed by atoms with Gasteiger partial charge in [-0.2, -0.15) is 35.7 Å². The molecule has 0 bridgehead atoms. The standard InChI is InChI=1S/C23H24F4N4O3.C18H16F4N4O.ClH/c1-22(2,3)34-21(33)30-13-16(24)11-18(30)19(32)10-5-14-12-31(29-20(14)28-4)17-8-6-15(7-9-17)23(25,26)27;1-23-17-11(2-7-16(27)15-8-13(19)9-24-15)10-26(25-17)14-5-3-12(4-6-14)18(20,21)22;/h6-9,12,16,18H,5,10-11,13H2,1-3H3;3-6,10,13,15,24H,2,7-9H2;1H/t16-,18+;13-,15+;/m11./s1. The van der Waals surface area contributed by atoms with Gasteiger partial charge in [0.05, 0.1) is 41.1 Å². The van der Waals surface area contributed by atoms with Gasteiger partial charge in [0.25, 0.3) is 11.6 Å². The zero-order valence-corrected chi connectivity index (χ0v) is 34.3. The highest BCUT2D eigenvalue weighted by Crippen LogP contribution is 2.32. The van der Waals surface area contributed by atoms with Crippen molar-refractivity contribution in [2.75, 3.05) is 13.1 Å². The normalized spacial score (nSPS) is 18.8. The number of halogens is 9. The van der Waals surface area contributed by atoms with Crippen LogP contribution in [0.3, 0.4) is 0 Å². The number of benzene rings is 2. The molecule has 2 aliphatic rings. The van der Waals surface area contributed by atoms with Crippen molar-refractivity contribution in [1.82, 2.24) is 29.8 Å². The van der Waals surface area contributed by atoms with Gasteiger partial charge in [-0.15, -0.1) is 12.4 Å². The second-order valence-corrected chi connectivity index (χ2v) is 15.4. The third kappa shape index (κ3) is 12.6. The Balaban J connectivity index is 0.000000275. The predicted octanol–water partition coefficient (Wildman–Crippen LogP) is 9.36. The molecular weight excluding hydrogens is 856 g/mol. The number of carbonyl (C=O) groups excluding carboxylic acids is 3. The fourth-order valence-electron chi connectivity index (χ4n) is 6.62. The Bertz CT molecular complexity index is 2290. The van der Waals surface area contributed by atoms with Crippen molar-refractivity contribution < 1.29 is 54.2 Å². The van der Waals surface area contributed by atoms with Crippen LogP contribution < -0.4 is 5.32 Å². The molecule has 0 saturated carbocycles. The summed E-state index contributed by atoms with van der Waals surface area (Å²) in [6.45, 7) is 19.5. The molecule has 62 heavy (non-hydrogen) atoms. The number of ketones is 2. The summed E-state index contributed by atoms with van der Waals surface area (Å²) in [5.74, 6) is -0.408. The number of aryl methyl sites for hydroxylation is 2. The highest BCUT2D eigenvalue weighted by atomic mass is 35.5. The second kappa shape index (κ2) is 19.9. The van der Waals surface area contributed by atoms with Crippen LogP contribution in [-0.4, -0.2) is 85.2 Å². The molecule has 2 aliphatic heterocycles. The predicted molar refractivity (Wildman–Crippen MR) is 211 cm³/mol. The van der Waals surface area contributed by atoms with Crippen molar-refractivity contribution in [3.8, 4) is 11.4 Å². The summed E-state index contributed by atoms with van der Waals surface area (Å²) in [5.41, 5.74) is -0.737. The Morgan fingerprint density at radius 1 is 0.742 bits per heavy atom. The number of likely N-dealkylation sites (tertiary alicyclic amines) is 1. The summed E-state index contributed by atoms with van der Waals surface area (Å²) in [5, 5.41) is 11.0. The van der Waals surface area contributed by atoms with Gasteiger partial charge in [0.1, 0.15) is 23.7 Å². The lowest BCUT2D eigenvalue weighted by atomic mass is 10.0. The van der Waals surface area contributed by atoms with Gasteiger partial charge in [-0.1, -0.05) is 13.1 Å². The molecular formula is C41H41ClF8N8O4. The van der Waals surface area contributed by atoms with Crippen LogP contribution in [0.5, 0.6) is 0 Å². The molecule has 0 unspecified atom stereocenters. The van der Waals surface area contributed by atoms with Crippen LogP contribution in [0, 0.1) is 13.1 Å². The van der Waals surface area contributed by atoms with Gasteiger partial charge < -0.3 is 19.7 Å². The molecule has 2 aromatic carbocycles. The van der Waals surface area contributed by atoms with E-state index in [0.717, 1.165) is 29.2 Å². The van der Waals surface area contributed by atoms with Crippen molar-refractivity contribution in [3.05, 3.63) is 106 Å². The Morgan fingerprint density at radius 3 is 1.58 bits per heavy atom. The Labute approximate surface area is 357 Å². The number of hydrogen-bond donors (Lipinski definition) is 1. The van der Waals surface area contributed by atoms with E-state index >= 15 is 0 Å². The molecule has 4 heterocycles. The summed E-state index contributed by atoms with van der Waals surface area (Å²) >= 11 is 0. The van der Waals surface area contributed by atoms with Gasteiger partial charge in [-0.3, -0.25) is 14.5 Å². The lowest BCUT2D eigenvalue weighted by molar-refractivity contribution is -0.138. The maximum Gasteiger partial charge on any atom is 0.416 e. The minimum Gasteiger partial charge on any atom is -0.444 e. The lowest BCUT2D eigenvalue weighted by Gasteiger charge is -2.27. The van der Waals surface area contributed by atoms with Gasteiger partial charge in [0.2, 0.25) is 0 Å². The topological polar surface area (TPSA) is 120 Å². The van der Waals surface area contributed by atoms with Crippen molar-refractivity contribution in [2.45, 2.75) is 102 Å². The van der Waals surface area contributed by atoms with Crippen molar-refractivity contribution in [1.29, 1.82) is 0 Å². The average Bonchev–Trinajstić information content (AvgIpc) is 4.01. The number of nitrogens with zero attached hydrogens (tertiary/aromatic N) is 7. The van der Waals surface area contributed by atoms with E-state index in [1.165, 1.54) is 46.0 Å². The highest BCUT2D eigenvalue weighted by molar-refractivity contribution is 5.88. The largest absolute Gasteiger partial charge is 0.444 e. The number of ether oxygens (including phenoxy) is 1. The first-order valence-electron chi connectivity index (χ1n) is 18.9. The molecule has 2 fully saturated rings. The molecule has 2 saturated heterocycles. The molecule has 21 heteroatoms. The molecule has 1 amide bonds. The monoisotopic (exact) mass is 896 g/mol. The number of amides is 1. The summed E-state index contributed by atoms with van der Waals surface area (Å²) in [7, 11) is 0. The number of nitrogens with one attached hydrogen (secondary N) is 1. The summed E-state index contributed by atoms with van der Waals surface area (Å²) in [6, 6.07) is 7.23. The SMILES string of the molecule is Cl.[C-]#[N+]c1nn(-c2ccc(C(F)(F)F)cc2)cc1CCC(=O)[C@@H]1C[C@@H](F)CN1.[C-]#[N+]c1nn(-c2ccc(C(F)(F)F)cc2)cc1CCC(=O)[C@@H]1C[C@@H](F)CN1C(=O)OC(C)(C)C. The van der Waals surface area contributed by atoms with Crippen LogP contribution >= 0.6 is 12.4 Å². The molecule has 0 spiro atoms. The third-order valence-electron chi connectivity index (χ3n) is 9.66. The third-order valence-corrected chi connectivity index (χ3v) is 9.66. The molecule has 12 nitrogen and oxygen atoms in total. The first-order chi connectivity index (χ1) is 28.6. The van der Waals surface area contributed by atoms with Gasteiger partial charge in [-0.05, 0) is 92.3 Å². The van der Waals surface area contributed by atoms with E-state index in [2.05, 4.69) is 25.2 Å². The zero-order chi connectivity index (χ0) is 44.9. The molecule has 6 rings (SSSR count). The second-order valence-electron chi connectivity index (χ2n) is 15.4. The van der Waals surface area contributed by atoms with Crippen molar-refractivity contribution >= 4 is 41.7 Å². The van der Waals surface area contributed by atoms with E-state index in [1.807, 2.05) is 0 Å². The van der Waals surface area contributed by atoms with Crippen LogP contribution in [-0.2, 0) is 39.5 Å². The van der Waals surface area contributed by atoms with Crippen LogP contribution in [0.4, 0.5) is 51.6 Å². The summed E-state index contributed by atoms with van der Waals surface area (Å²) in [4.78, 5) is 45.1. The number of Topliss-reactive ketones (excluding diaryl/α,β-unsaturated/α-hetero) is 2. The molecule has 0 aliphatic carbocycles. The zero-order valence-electron chi connectivity index (χ0n) is 33.4. The van der Waals surface area contributed by atoms with E-state index < -0.39 is 59.6 Å².